The first-order chi connectivity index (χ1) is 7.99. The molecule has 90 valence electrons. The van der Waals surface area contributed by atoms with Gasteiger partial charge >= 0.3 is 5.37 Å². The molecule has 0 saturated carbocycles. The summed E-state index contributed by atoms with van der Waals surface area (Å²) in [4.78, 5) is 25.5. The van der Waals surface area contributed by atoms with Crippen LogP contribution in [0.5, 0.6) is 0 Å². The number of anilines is 1. The third-order valence-corrected chi connectivity index (χ3v) is 3.23. The minimum absolute atomic E-state index is 0.0962. The monoisotopic (exact) mass is 252 g/mol. The molecule has 0 spiro atoms. The Labute approximate surface area is 105 Å². The first-order valence-electron chi connectivity index (χ1n) is 5.28. The molecule has 0 radical (unpaired) electrons. The molecule has 4 nitrogen and oxygen atoms in total. The normalized spacial score (nSPS) is 13.8. The molecule has 1 heterocycles. The molecule has 5 heteroatoms. The molecule has 0 unspecified atom stereocenters. The maximum Gasteiger partial charge on any atom is 0.316 e. The topological polar surface area (TPSA) is 40.6 Å². The van der Waals surface area contributed by atoms with Crippen LogP contribution < -0.4 is 4.90 Å². The molecule has 1 aliphatic rings. The molecule has 17 heavy (non-hydrogen) atoms. The van der Waals surface area contributed by atoms with Gasteiger partial charge in [-0.25, -0.2) is 0 Å². The number of hydrogen-bond acceptors (Lipinski definition) is 2. The molecule has 0 N–H and O–H groups in total. The number of rotatable bonds is 2. The fraction of sp³-hybridized carbons (Fsp3) is 0.333. The van der Waals surface area contributed by atoms with Crippen molar-refractivity contribution in [2.45, 2.75) is 13.0 Å². The van der Waals surface area contributed by atoms with Crippen molar-refractivity contribution in [2.24, 2.45) is 0 Å². The van der Waals surface area contributed by atoms with Crippen molar-refractivity contribution in [1.82, 2.24) is 4.90 Å². The fourth-order valence-corrected chi connectivity index (χ4v) is 2.02. The van der Waals surface area contributed by atoms with Gasteiger partial charge < -0.3 is 9.80 Å². The van der Waals surface area contributed by atoms with Gasteiger partial charge in [0.1, 0.15) is 0 Å². The van der Waals surface area contributed by atoms with E-state index in [1.165, 1.54) is 4.90 Å². The van der Waals surface area contributed by atoms with Gasteiger partial charge in [0.05, 0.1) is 6.42 Å². The number of benzene rings is 1. The van der Waals surface area contributed by atoms with E-state index in [1.807, 2.05) is 18.2 Å². The summed E-state index contributed by atoms with van der Waals surface area (Å²) in [7, 11) is 3.40. The lowest BCUT2D eigenvalue weighted by Crippen LogP contribution is -2.20. The SMILES string of the molecule is CN(Cc1ccc2c(c1)CC(=O)N2C)C(=O)Cl. The zero-order valence-corrected chi connectivity index (χ0v) is 10.5. The highest BCUT2D eigenvalue weighted by Crippen LogP contribution is 2.28. The Morgan fingerprint density at radius 1 is 1.53 bits per heavy atom. The molecule has 1 aromatic carbocycles. The average Bonchev–Trinajstić information content (AvgIpc) is 2.54. The highest BCUT2D eigenvalue weighted by atomic mass is 35.5. The molecule has 0 atom stereocenters. The number of nitrogens with zero attached hydrogens (tertiary/aromatic N) is 2. The minimum atomic E-state index is -0.487. The number of carbonyl (C=O) groups excluding carboxylic acids is 2. The Morgan fingerprint density at radius 2 is 2.24 bits per heavy atom. The van der Waals surface area contributed by atoms with Gasteiger partial charge in [-0.1, -0.05) is 12.1 Å². The largest absolute Gasteiger partial charge is 0.328 e. The number of hydrogen-bond donors (Lipinski definition) is 0. The molecule has 0 bridgehead atoms. The molecule has 1 aliphatic heterocycles. The summed E-state index contributed by atoms with van der Waals surface area (Å²) in [5.41, 5.74) is 2.92. The van der Waals surface area contributed by atoms with Crippen LogP contribution >= 0.6 is 11.6 Å². The summed E-state index contributed by atoms with van der Waals surface area (Å²) < 4.78 is 0. The number of halogens is 1. The lowest BCUT2D eigenvalue weighted by atomic mass is 10.1. The summed E-state index contributed by atoms with van der Waals surface area (Å²) in [5, 5.41) is -0.487. The molecule has 0 aliphatic carbocycles. The number of carbonyl (C=O) groups is 2. The Balaban J connectivity index is 2.21. The van der Waals surface area contributed by atoms with Gasteiger partial charge in [-0.15, -0.1) is 0 Å². The van der Waals surface area contributed by atoms with E-state index < -0.39 is 5.37 Å². The van der Waals surface area contributed by atoms with E-state index >= 15 is 0 Å². The number of fused-ring (bicyclic) bond motifs is 1. The zero-order chi connectivity index (χ0) is 12.6. The molecular weight excluding hydrogens is 240 g/mol. The molecular formula is C12H13ClN2O2. The smallest absolute Gasteiger partial charge is 0.316 e. The van der Waals surface area contributed by atoms with Crippen molar-refractivity contribution < 1.29 is 9.59 Å². The van der Waals surface area contributed by atoms with E-state index in [1.54, 1.807) is 19.0 Å². The Morgan fingerprint density at radius 3 is 2.88 bits per heavy atom. The fourth-order valence-electron chi connectivity index (χ4n) is 1.96. The van der Waals surface area contributed by atoms with Crippen LogP contribution in [-0.2, 0) is 17.8 Å². The van der Waals surface area contributed by atoms with Crippen LogP contribution in [0.4, 0.5) is 10.5 Å². The molecule has 0 saturated heterocycles. The highest BCUT2D eigenvalue weighted by molar-refractivity contribution is 6.62. The van der Waals surface area contributed by atoms with Crippen LogP contribution in [-0.4, -0.2) is 30.3 Å². The van der Waals surface area contributed by atoms with Crippen molar-refractivity contribution in [1.29, 1.82) is 0 Å². The van der Waals surface area contributed by atoms with E-state index in [0.29, 0.717) is 13.0 Å². The molecule has 0 fully saturated rings. The predicted molar refractivity (Wildman–Crippen MR) is 66.3 cm³/mol. The Kier molecular flexibility index (Phi) is 3.07. The maximum atomic E-state index is 11.5. The van der Waals surface area contributed by atoms with Gasteiger partial charge in [-0.05, 0) is 28.8 Å². The zero-order valence-electron chi connectivity index (χ0n) is 9.74. The molecule has 1 aromatic rings. The Hall–Kier alpha value is -1.55. The summed E-state index contributed by atoms with van der Waals surface area (Å²) in [6.45, 7) is 0.452. The van der Waals surface area contributed by atoms with E-state index in [-0.39, 0.29) is 5.91 Å². The van der Waals surface area contributed by atoms with Crippen molar-refractivity contribution in [3.8, 4) is 0 Å². The van der Waals surface area contributed by atoms with Crippen LogP contribution in [0.3, 0.4) is 0 Å². The summed E-state index contributed by atoms with van der Waals surface area (Å²) >= 11 is 5.37. The van der Waals surface area contributed by atoms with Crippen LogP contribution in [0.1, 0.15) is 11.1 Å². The van der Waals surface area contributed by atoms with E-state index in [9.17, 15) is 9.59 Å². The van der Waals surface area contributed by atoms with Crippen molar-refractivity contribution in [2.75, 3.05) is 19.0 Å². The van der Waals surface area contributed by atoms with E-state index in [2.05, 4.69) is 0 Å². The summed E-state index contributed by atoms with van der Waals surface area (Å²) in [6, 6.07) is 5.76. The lowest BCUT2D eigenvalue weighted by molar-refractivity contribution is -0.117. The average molecular weight is 253 g/mol. The van der Waals surface area contributed by atoms with Gasteiger partial charge in [-0.2, -0.15) is 0 Å². The summed E-state index contributed by atoms with van der Waals surface area (Å²) in [5.74, 6) is 0.0962. The second kappa shape index (κ2) is 4.37. The van der Waals surface area contributed by atoms with Crippen molar-refractivity contribution in [3.63, 3.8) is 0 Å². The first kappa shape index (κ1) is 11.9. The quantitative estimate of drug-likeness (QED) is 0.597. The Bertz CT molecular complexity index is 487. The second-order valence-corrected chi connectivity index (χ2v) is 4.52. The van der Waals surface area contributed by atoms with E-state index in [0.717, 1.165) is 16.8 Å². The van der Waals surface area contributed by atoms with Gasteiger partial charge in [0.2, 0.25) is 5.91 Å². The second-order valence-electron chi connectivity index (χ2n) is 4.20. The highest BCUT2D eigenvalue weighted by Gasteiger charge is 2.23. The van der Waals surface area contributed by atoms with Crippen LogP contribution in [0.25, 0.3) is 0 Å². The third-order valence-electron chi connectivity index (χ3n) is 2.94. The molecule has 2 rings (SSSR count). The maximum absolute atomic E-state index is 11.5. The number of amides is 2. The number of likely N-dealkylation sites (N-methyl/N-ethyl adjacent to an activating group) is 1. The molecule has 0 aromatic heterocycles. The predicted octanol–water partition coefficient (Wildman–Crippen LogP) is 2.00. The van der Waals surface area contributed by atoms with Crippen LogP contribution in [0.2, 0.25) is 0 Å². The standard InChI is InChI=1S/C12H13ClN2O2/c1-14(12(13)17)7-8-3-4-10-9(5-8)6-11(16)15(10)2/h3-5H,6-7H2,1-2H3. The van der Waals surface area contributed by atoms with Gasteiger partial charge in [0, 0.05) is 26.3 Å². The van der Waals surface area contributed by atoms with E-state index in [4.69, 9.17) is 11.6 Å². The lowest BCUT2D eigenvalue weighted by Gasteiger charge is -2.14. The first-order valence-corrected chi connectivity index (χ1v) is 5.66. The third kappa shape index (κ3) is 2.26. The van der Waals surface area contributed by atoms with Crippen LogP contribution in [0, 0.1) is 0 Å². The van der Waals surface area contributed by atoms with Crippen molar-refractivity contribution in [3.05, 3.63) is 29.3 Å². The van der Waals surface area contributed by atoms with Gasteiger partial charge in [0.15, 0.2) is 0 Å². The van der Waals surface area contributed by atoms with Crippen molar-refractivity contribution >= 4 is 28.6 Å². The minimum Gasteiger partial charge on any atom is -0.328 e. The van der Waals surface area contributed by atoms with Gasteiger partial charge in [-0.3, -0.25) is 9.59 Å². The summed E-state index contributed by atoms with van der Waals surface area (Å²) in [6.07, 6.45) is 0.429. The van der Waals surface area contributed by atoms with Gasteiger partial charge in [0.25, 0.3) is 0 Å². The van der Waals surface area contributed by atoms with Crippen LogP contribution in [0.15, 0.2) is 18.2 Å². The molecule has 2 amide bonds.